The fourth-order valence-electron chi connectivity index (χ4n) is 3.48. The number of amides is 1. The second-order valence-electron chi connectivity index (χ2n) is 6.41. The number of anilines is 1. The molecule has 0 unspecified atom stereocenters. The smallest absolute Gasteiger partial charge is 0.243 e. The van der Waals surface area contributed by atoms with Gasteiger partial charge in [-0.2, -0.15) is 4.31 Å². The van der Waals surface area contributed by atoms with E-state index in [1.54, 1.807) is 24.0 Å². The molecular weight excluding hydrogens is 364 g/mol. The lowest BCUT2D eigenvalue weighted by Gasteiger charge is -2.26. The molecule has 0 aliphatic carbocycles. The lowest BCUT2D eigenvalue weighted by Crippen LogP contribution is -2.40. The summed E-state index contributed by atoms with van der Waals surface area (Å²) in [5, 5.41) is 0. The molecule has 0 radical (unpaired) electrons. The molecule has 0 aromatic heterocycles. The maximum Gasteiger partial charge on any atom is 0.243 e. The summed E-state index contributed by atoms with van der Waals surface area (Å²) < 4.78 is 50.5. The maximum atomic E-state index is 12.9. The Morgan fingerprint density at radius 3 is 2.40 bits per heavy atom. The van der Waals surface area contributed by atoms with E-state index >= 15 is 0 Å². The first-order valence-corrected chi connectivity index (χ1v) is 11.6. The van der Waals surface area contributed by atoms with Crippen molar-refractivity contribution in [2.45, 2.75) is 37.1 Å². The van der Waals surface area contributed by atoms with Crippen LogP contribution in [0.2, 0.25) is 0 Å². The highest BCUT2D eigenvalue weighted by molar-refractivity contribution is 7.92. The van der Waals surface area contributed by atoms with Crippen molar-refractivity contribution in [3.63, 3.8) is 0 Å². The summed E-state index contributed by atoms with van der Waals surface area (Å²) in [5.41, 5.74) is 0.688. The molecule has 7 nitrogen and oxygen atoms in total. The van der Waals surface area contributed by atoms with Crippen LogP contribution in [0.1, 0.15) is 26.2 Å². The van der Waals surface area contributed by atoms with E-state index < -0.39 is 25.9 Å². The van der Waals surface area contributed by atoms with Crippen molar-refractivity contribution in [2.24, 2.45) is 0 Å². The summed E-state index contributed by atoms with van der Waals surface area (Å²) in [7, 11) is -6.94. The average Bonchev–Trinajstić information content (AvgIpc) is 3.13. The molecule has 1 aromatic carbocycles. The lowest BCUT2D eigenvalue weighted by atomic mass is 10.3. The molecule has 2 aliphatic rings. The van der Waals surface area contributed by atoms with Crippen molar-refractivity contribution in [2.75, 3.05) is 29.5 Å². The lowest BCUT2D eigenvalue weighted by molar-refractivity contribution is -0.117. The molecule has 2 heterocycles. The van der Waals surface area contributed by atoms with Gasteiger partial charge in [-0.25, -0.2) is 16.8 Å². The van der Waals surface area contributed by atoms with Crippen molar-refractivity contribution in [1.82, 2.24) is 4.31 Å². The molecule has 1 amide bonds. The van der Waals surface area contributed by atoms with E-state index in [2.05, 4.69) is 0 Å². The van der Waals surface area contributed by atoms with Crippen LogP contribution in [-0.4, -0.2) is 57.7 Å². The predicted molar refractivity (Wildman–Crippen MR) is 94.7 cm³/mol. The summed E-state index contributed by atoms with van der Waals surface area (Å²) in [6, 6.07) is 5.73. The van der Waals surface area contributed by atoms with Gasteiger partial charge in [-0.1, -0.05) is 6.92 Å². The van der Waals surface area contributed by atoms with Crippen molar-refractivity contribution in [3.05, 3.63) is 24.3 Å². The van der Waals surface area contributed by atoms with Crippen molar-refractivity contribution in [3.8, 4) is 0 Å². The van der Waals surface area contributed by atoms with Crippen LogP contribution in [0, 0.1) is 0 Å². The van der Waals surface area contributed by atoms with Gasteiger partial charge in [0.1, 0.15) is 0 Å². The summed E-state index contributed by atoms with van der Waals surface area (Å²) in [6.45, 7) is 2.57. The van der Waals surface area contributed by atoms with Crippen LogP contribution in [0.3, 0.4) is 0 Å². The fourth-order valence-corrected chi connectivity index (χ4v) is 6.97. The number of hydrogen-bond acceptors (Lipinski definition) is 5. The molecule has 3 rings (SSSR count). The molecule has 9 heteroatoms. The zero-order valence-corrected chi connectivity index (χ0v) is 15.7. The minimum atomic E-state index is -3.77. The highest BCUT2D eigenvalue weighted by Gasteiger charge is 2.38. The third-order valence-corrected chi connectivity index (χ3v) is 8.55. The summed E-state index contributed by atoms with van der Waals surface area (Å²) in [4.78, 5) is 13.6. The highest BCUT2D eigenvalue weighted by atomic mass is 32.2. The molecular formula is C16H22N2O5S2. The Balaban J connectivity index is 1.84. The SMILES string of the molecule is CCN([C@@H]1CCS(=O)(=O)C1)S(=O)(=O)c1ccc(N2CCCC2=O)cc1. The van der Waals surface area contributed by atoms with Crippen molar-refractivity contribution >= 4 is 31.5 Å². The minimum absolute atomic E-state index is 0.0275. The second kappa shape index (κ2) is 6.69. The number of benzene rings is 1. The van der Waals surface area contributed by atoms with Crippen LogP contribution >= 0.6 is 0 Å². The van der Waals surface area contributed by atoms with Gasteiger partial charge in [0.25, 0.3) is 0 Å². The topological polar surface area (TPSA) is 91.8 Å². The summed E-state index contributed by atoms with van der Waals surface area (Å²) >= 11 is 0. The number of carbonyl (C=O) groups excluding carboxylic acids is 1. The molecule has 1 atom stereocenters. The van der Waals surface area contributed by atoms with Crippen molar-refractivity contribution in [1.29, 1.82) is 0 Å². The maximum absolute atomic E-state index is 12.9. The number of rotatable bonds is 5. The largest absolute Gasteiger partial charge is 0.312 e. The van der Waals surface area contributed by atoms with Crippen LogP contribution < -0.4 is 4.90 Å². The van der Waals surface area contributed by atoms with E-state index in [9.17, 15) is 21.6 Å². The normalized spacial score (nSPS) is 23.5. The Labute approximate surface area is 148 Å². The van der Waals surface area contributed by atoms with Gasteiger partial charge in [-0.15, -0.1) is 0 Å². The van der Waals surface area contributed by atoms with Crippen LogP contribution in [0.4, 0.5) is 5.69 Å². The van der Waals surface area contributed by atoms with E-state index in [1.807, 2.05) is 0 Å². The van der Waals surface area contributed by atoms with Gasteiger partial charge in [-0.3, -0.25) is 4.79 Å². The second-order valence-corrected chi connectivity index (χ2v) is 10.5. The van der Waals surface area contributed by atoms with E-state index in [0.29, 0.717) is 25.1 Å². The van der Waals surface area contributed by atoms with Crippen LogP contribution in [-0.2, 0) is 24.7 Å². The molecule has 138 valence electrons. The molecule has 0 N–H and O–H groups in total. The molecule has 0 saturated carbocycles. The van der Waals surface area contributed by atoms with E-state index in [-0.39, 0.29) is 28.9 Å². The molecule has 2 aliphatic heterocycles. The Bertz CT molecular complexity index is 862. The summed E-state index contributed by atoms with van der Waals surface area (Å²) in [6.07, 6.45) is 1.65. The number of sulfone groups is 1. The zero-order valence-electron chi connectivity index (χ0n) is 14.1. The first kappa shape index (κ1) is 18.3. The van der Waals surface area contributed by atoms with Gasteiger partial charge in [-0.05, 0) is 37.1 Å². The quantitative estimate of drug-likeness (QED) is 0.753. The third kappa shape index (κ3) is 3.58. The molecule has 2 saturated heterocycles. The van der Waals surface area contributed by atoms with Crippen molar-refractivity contribution < 1.29 is 21.6 Å². The van der Waals surface area contributed by atoms with Gasteiger partial charge >= 0.3 is 0 Å². The first-order valence-electron chi connectivity index (χ1n) is 8.37. The first-order chi connectivity index (χ1) is 11.7. The molecule has 25 heavy (non-hydrogen) atoms. The molecule has 0 spiro atoms. The highest BCUT2D eigenvalue weighted by Crippen LogP contribution is 2.27. The standard InChI is InChI=1S/C16H22N2O5S2/c1-2-18(14-9-11-24(20,21)12-14)25(22,23)15-7-5-13(6-8-15)17-10-3-4-16(17)19/h5-8,14H,2-4,9-12H2,1H3/t14-/m1/s1. The van der Waals surface area contributed by atoms with E-state index in [4.69, 9.17) is 0 Å². The van der Waals surface area contributed by atoms with Gasteiger partial charge in [0.2, 0.25) is 15.9 Å². The number of carbonyl (C=O) groups is 1. The minimum Gasteiger partial charge on any atom is -0.312 e. The number of hydrogen-bond donors (Lipinski definition) is 0. The van der Waals surface area contributed by atoms with Crippen LogP contribution in [0.25, 0.3) is 0 Å². The summed E-state index contributed by atoms with van der Waals surface area (Å²) in [5.74, 6) is -0.0536. The van der Waals surface area contributed by atoms with E-state index in [0.717, 1.165) is 6.42 Å². The van der Waals surface area contributed by atoms with Gasteiger partial charge in [0, 0.05) is 31.2 Å². The predicted octanol–water partition coefficient (Wildman–Crippen LogP) is 1.01. The van der Waals surface area contributed by atoms with E-state index in [1.165, 1.54) is 16.4 Å². The van der Waals surface area contributed by atoms with Gasteiger partial charge in [0.15, 0.2) is 9.84 Å². The average molecular weight is 386 g/mol. The van der Waals surface area contributed by atoms with Crippen LogP contribution in [0.5, 0.6) is 0 Å². The Hall–Kier alpha value is -1.45. The molecule has 1 aromatic rings. The number of sulfonamides is 1. The fraction of sp³-hybridized carbons (Fsp3) is 0.562. The molecule has 2 fully saturated rings. The zero-order chi connectivity index (χ0) is 18.2. The Morgan fingerprint density at radius 1 is 1.24 bits per heavy atom. The third-order valence-electron chi connectivity index (χ3n) is 4.76. The monoisotopic (exact) mass is 386 g/mol. The van der Waals surface area contributed by atoms with Gasteiger partial charge < -0.3 is 4.90 Å². The Morgan fingerprint density at radius 2 is 1.92 bits per heavy atom. The molecule has 0 bridgehead atoms. The Kier molecular flexibility index (Phi) is 4.91. The number of nitrogens with zero attached hydrogens (tertiary/aromatic N) is 2. The van der Waals surface area contributed by atoms with Crippen LogP contribution in [0.15, 0.2) is 29.2 Å². The van der Waals surface area contributed by atoms with Gasteiger partial charge in [0.05, 0.1) is 16.4 Å².